The number of hydrogen-bond donors (Lipinski definition) is 3. The molecule has 1 aromatic carbocycles. The molecule has 2 aliphatic rings. The summed E-state index contributed by atoms with van der Waals surface area (Å²) in [6, 6.07) is 6.41. The first-order chi connectivity index (χ1) is 15.6. The van der Waals surface area contributed by atoms with E-state index in [1.165, 1.54) is 13.2 Å². The Bertz CT molecular complexity index is 1270. The van der Waals surface area contributed by atoms with Crippen LogP contribution < -0.4 is 20.1 Å². The average molecular weight is 432 g/mol. The number of rotatable bonds is 3. The molecule has 2 aromatic heterocycles. The number of nitrogens with one attached hydrogen (secondary N) is 3. The molecule has 0 radical (unpaired) electrons. The van der Waals surface area contributed by atoms with Gasteiger partial charge in [0.2, 0.25) is 0 Å². The van der Waals surface area contributed by atoms with Crippen LogP contribution in [0.25, 0.3) is 11.3 Å². The van der Waals surface area contributed by atoms with Crippen LogP contribution in [0.15, 0.2) is 36.7 Å². The molecule has 0 aliphatic carbocycles. The standard InChI is InChI=1S/C24H21FN4O3/c1-13-5-3-6-14-11-27-24(30)19-20(14)29-21(15-9-10-26-12-18(15)32-13)22(19)28-17-8-4-7-16(25)23(17)31-2/h4,7-10,12-14,28-29H,6,11H2,1-2H3,(H,27,30)/t13?,14-/m0/s1. The van der Waals surface area contributed by atoms with Crippen LogP contribution in [0.3, 0.4) is 0 Å². The zero-order valence-electron chi connectivity index (χ0n) is 17.6. The molecule has 1 amide bonds. The highest BCUT2D eigenvalue weighted by Crippen LogP contribution is 2.44. The number of fused-ring (bicyclic) bond motifs is 3. The summed E-state index contributed by atoms with van der Waals surface area (Å²) in [5.41, 5.74) is 3.55. The zero-order valence-corrected chi connectivity index (χ0v) is 17.6. The first-order valence-corrected chi connectivity index (χ1v) is 10.3. The second-order valence-electron chi connectivity index (χ2n) is 7.67. The number of H-pyrrole nitrogens is 1. The topological polar surface area (TPSA) is 88.3 Å². The summed E-state index contributed by atoms with van der Waals surface area (Å²) < 4.78 is 25.7. The number of methoxy groups -OCH3 is 1. The normalized spacial score (nSPS) is 18.8. The minimum Gasteiger partial charge on any atom is -0.492 e. The molecule has 3 N–H and O–H groups in total. The van der Waals surface area contributed by atoms with Crippen LogP contribution in [0.4, 0.5) is 15.8 Å². The van der Waals surface area contributed by atoms with Crippen LogP contribution in [0.1, 0.15) is 35.3 Å². The highest BCUT2D eigenvalue weighted by Gasteiger charge is 2.33. The second kappa shape index (κ2) is 7.93. The van der Waals surface area contributed by atoms with Gasteiger partial charge in [0.1, 0.15) is 5.75 Å². The molecule has 0 spiro atoms. The molecule has 0 saturated carbocycles. The summed E-state index contributed by atoms with van der Waals surface area (Å²) in [4.78, 5) is 20.6. The Labute approximate surface area is 184 Å². The molecule has 0 fully saturated rings. The van der Waals surface area contributed by atoms with Crippen molar-refractivity contribution in [1.82, 2.24) is 15.3 Å². The maximum absolute atomic E-state index is 14.4. The number of aromatic nitrogens is 2. The summed E-state index contributed by atoms with van der Waals surface area (Å²) in [6.07, 6.45) is 3.50. The van der Waals surface area contributed by atoms with Gasteiger partial charge in [0.05, 0.1) is 35.9 Å². The number of carbonyl (C=O) groups excluding carboxylic acids is 1. The predicted octanol–water partition coefficient (Wildman–Crippen LogP) is 3.97. The number of anilines is 2. The van der Waals surface area contributed by atoms with E-state index in [4.69, 9.17) is 9.47 Å². The third-order valence-corrected chi connectivity index (χ3v) is 5.62. The van der Waals surface area contributed by atoms with E-state index in [0.717, 1.165) is 11.3 Å². The molecule has 0 saturated heterocycles. The highest BCUT2D eigenvalue weighted by atomic mass is 19.1. The quantitative estimate of drug-likeness (QED) is 0.545. The Kier molecular flexibility index (Phi) is 4.94. The number of amides is 1. The van der Waals surface area contributed by atoms with Crippen molar-refractivity contribution in [3.63, 3.8) is 0 Å². The molecular formula is C24H21FN4O3. The fourth-order valence-electron chi connectivity index (χ4n) is 4.14. The SMILES string of the molecule is COc1c(F)cccc1Nc1c2[nH]c3c1C(=O)NC[C@@H]3CC#CC(C)Oc1cnccc1-2. The molecule has 2 bridgehead atoms. The van der Waals surface area contributed by atoms with E-state index in [0.29, 0.717) is 41.3 Å². The number of carbonyl (C=O) groups is 1. The summed E-state index contributed by atoms with van der Waals surface area (Å²) in [6.45, 7) is 2.35. The minimum atomic E-state index is -0.503. The average Bonchev–Trinajstić information content (AvgIpc) is 3.14. The third kappa shape index (κ3) is 3.32. The summed E-state index contributed by atoms with van der Waals surface area (Å²) in [5, 5.41) is 6.20. The Hall–Kier alpha value is -3.99. The molecule has 8 heteroatoms. The lowest BCUT2D eigenvalue weighted by atomic mass is 9.93. The van der Waals surface area contributed by atoms with Gasteiger partial charge in [-0.05, 0) is 25.1 Å². The lowest BCUT2D eigenvalue weighted by molar-refractivity contribution is 0.0941. The highest BCUT2D eigenvalue weighted by molar-refractivity contribution is 6.07. The van der Waals surface area contributed by atoms with Gasteiger partial charge in [-0.1, -0.05) is 17.9 Å². The molecule has 7 nitrogen and oxygen atoms in total. The molecule has 32 heavy (non-hydrogen) atoms. The van der Waals surface area contributed by atoms with Crippen molar-refractivity contribution >= 4 is 17.3 Å². The molecule has 5 rings (SSSR count). The first-order valence-electron chi connectivity index (χ1n) is 10.3. The number of nitrogens with zero attached hydrogens (tertiary/aromatic N) is 1. The summed E-state index contributed by atoms with van der Waals surface area (Å²) >= 11 is 0. The van der Waals surface area contributed by atoms with Crippen molar-refractivity contribution in [2.75, 3.05) is 19.0 Å². The molecule has 3 aromatic rings. The molecule has 162 valence electrons. The van der Waals surface area contributed by atoms with E-state index in [1.807, 2.05) is 13.0 Å². The number of aromatic amines is 1. The van der Waals surface area contributed by atoms with Gasteiger partial charge in [0.15, 0.2) is 17.7 Å². The van der Waals surface area contributed by atoms with Crippen LogP contribution in [0, 0.1) is 17.7 Å². The number of benzene rings is 1. The monoisotopic (exact) mass is 432 g/mol. The molecule has 2 aliphatic heterocycles. The van der Waals surface area contributed by atoms with Gasteiger partial charge in [-0.3, -0.25) is 9.78 Å². The van der Waals surface area contributed by atoms with Crippen LogP contribution in [0.2, 0.25) is 0 Å². The minimum absolute atomic E-state index is 0.0190. The number of para-hydroxylation sites is 1. The van der Waals surface area contributed by atoms with E-state index in [2.05, 4.69) is 32.4 Å². The molecule has 2 atom stereocenters. The maximum atomic E-state index is 14.4. The van der Waals surface area contributed by atoms with Gasteiger partial charge in [-0.2, -0.15) is 0 Å². The van der Waals surface area contributed by atoms with Crippen LogP contribution >= 0.6 is 0 Å². The largest absolute Gasteiger partial charge is 0.492 e. The number of hydrogen-bond acceptors (Lipinski definition) is 5. The summed E-state index contributed by atoms with van der Waals surface area (Å²) in [5.74, 6) is 6.15. The van der Waals surface area contributed by atoms with Gasteiger partial charge < -0.3 is 25.1 Å². The summed E-state index contributed by atoms with van der Waals surface area (Å²) in [7, 11) is 1.40. The van der Waals surface area contributed by atoms with E-state index in [1.54, 1.807) is 24.5 Å². The van der Waals surface area contributed by atoms with Crippen molar-refractivity contribution in [1.29, 1.82) is 0 Å². The van der Waals surface area contributed by atoms with Crippen LogP contribution in [-0.2, 0) is 0 Å². The van der Waals surface area contributed by atoms with Crippen LogP contribution in [0.5, 0.6) is 11.5 Å². The van der Waals surface area contributed by atoms with Gasteiger partial charge in [-0.15, -0.1) is 0 Å². The number of ether oxygens (including phenoxy) is 2. The van der Waals surface area contributed by atoms with Gasteiger partial charge in [-0.25, -0.2) is 4.39 Å². The Morgan fingerprint density at radius 1 is 1.34 bits per heavy atom. The van der Waals surface area contributed by atoms with Gasteiger partial charge in [0.25, 0.3) is 5.91 Å². The van der Waals surface area contributed by atoms with Crippen molar-refractivity contribution < 1.29 is 18.7 Å². The second-order valence-corrected chi connectivity index (χ2v) is 7.67. The van der Waals surface area contributed by atoms with Crippen molar-refractivity contribution in [3.8, 4) is 34.6 Å². The Morgan fingerprint density at radius 2 is 2.22 bits per heavy atom. The Balaban J connectivity index is 1.76. The fourth-order valence-corrected chi connectivity index (χ4v) is 4.14. The molecule has 1 unspecified atom stereocenters. The van der Waals surface area contributed by atoms with Gasteiger partial charge >= 0.3 is 0 Å². The van der Waals surface area contributed by atoms with Crippen molar-refractivity contribution in [2.24, 2.45) is 0 Å². The molecular weight excluding hydrogens is 411 g/mol. The maximum Gasteiger partial charge on any atom is 0.255 e. The number of halogens is 1. The third-order valence-electron chi connectivity index (χ3n) is 5.62. The predicted molar refractivity (Wildman–Crippen MR) is 118 cm³/mol. The lowest BCUT2D eigenvalue weighted by Gasteiger charge is -2.22. The smallest absolute Gasteiger partial charge is 0.255 e. The zero-order chi connectivity index (χ0) is 22.2. The van der Waals surface area contributed by atoms with E-state index >= 15 is 0 Å². The first kappa shape index (κ1) is 19.9. The van der Waals surface area contributed by atoms with Crippen LogP contribution in [-0.4, -0.2) is 35.6 Å². The van der Waals surface area contributed by atoms with Crippen molar-refractivity contribution in [2.45, 2.75) is 25.4 Å². The van der Waals surface area contributed by atoms with Gasteiger partial charge in [0, 0.05) is 36.3 Å². The van der Waals surface area contributed by atoms with Crippen molar-refractivity contribution in [3.05, 3.63) is 53.7 Å². The van der Waals surface area contributed by atoms with E-state index < -0.39 is 5.82 Å². The van der Waals surface area contributed by atoms with E-state index in [-0.39, 0.29) is 23.7 Å². The Morgan fingerprint density at radius 3 is 3.06 bits per heavy atom. The lowest BCUT2D eigenvalue weighted by Crippen LogP contribution is -2.35. The van der Waals surface area contributed by atoms with E-state index in [9.17, 15) is 9.18 Å². The fraction of sp³-hybridized carbons (Fsp3) is 0.250. The molecule has 4 heterocycles. The number of pyridine rings is 1.